The second-order valence-corrected chi connectivity index (χ2v) is 2.73. The van der Waals surface area contributed by atoms with Crippen LogP contribution in [0.1, 0.15) is 13.3 Å². The second kappa shape index (κ2) is 6.21. The third kappa shape index (κ3) is 3.62. The number of ether oxygens (including phenoxy) is 3. The molecular weight excluding hydrogens is 182 g/mol. The van der Waals surface area contributed by atoms with Crippen molar-refractivity contribution in [2.24, 2.45) is 0 Å². The van der Waals surface area contributed by atoms with Crippen LogP contribution in [0.5, 0.6) is 11.6 Å². The number of hydrogen-bond donors (Lipinski definition) is 0. The first-order chi connectivity index (χ1) is 6.86. The molecule has 14 heavy (non-hydrogen) atoms. The van der Waals surface area contributed by atoms with Gasteiger partial charge in [-0.3, -0.25) is 0 Å². The van der Waals surface area contributed by atoms with Gasteiger partial charge in [0.05, 0.1) is 12.8 Å². The van der Waals surface area contributed by atoms with Crippen molar-refractivity contribution in [3.8, 4) is 11.6 Å². The summed E-state index contributed by atoms with van der Waals surface area (Å²) < 4.78 is 15.3. The van der Waals surface area contributed by atoms with Gasteiger partial charge in [0.2, 0.25) is 5.88 Å². The highest BCUT2D eigenvalue weighted by Crippen LogP contribution is 2.13. The highest BCUT2D eigenvalue weighted by atomic mass is 16.7. The molecule has 1 rings (SSSR count). The Hall–Kier alpha value is -1.29. The molecule has 0 saturated heterocycles. The molecule has 1 aromatic heterocycles. The summed E-state index contributed by atoms with van der Waals surface area (Å²) in [5.74, 6) is 1.30. The van der Waals surface area contributed by atoms with Crippen LogP contribution in [0.25, 0.3) is 0 Å². The molecule has 0 atom stereocenters. The monoisotopic (exact) mass is 197 g/mol. The molecule has 0 aliphatic carbocycles. The van der Waals surface area contributed by atoms with Crippen molar-refractivity contribution in [1.29, 1.82) is 0 Å². The highest BCUT2D eigenvalue weighted by molar-refractivity contribution is 5.22. The Morgan fingerprint density at radius 2 is 2.14 bits per heavy atom. The molecule has 0 unspecified atom stereocenters. The molecule has 1 aromatic rings. The van der Waals surface area contributed by atoms with Crippen LogP contribution in [-0.4, -0.2) is 25.5 Å². The van der Waals surface area contributed by atoms with Gasteiger partial charge in [-0.1, -0.05) is 6.92 Å². The molecule has 0 aromatic carbocycles. The van der Waals surface area contributed by atoms with E-state index in [0.29, 0.717) is 18.2 Å². The highest BCUT2D eigenvalue weighted by Gasteiger charge is 1.96. The van der Waals surface area contributed by atoms with Gasteiger partial charge < -0.3 is 14.2 Å². The largest absolute Gasteiger partial charge is 0.478 e. The van der Waals surface area contributed by atoms with E-state index in [2.05, 4.69) is 11.9 Å². The first kappa shape index (κ1) is 10.8. The number of nitrogens with zero attached hydrogens (tertiary/aromatic N) is 1. The zero-order valence-electron chi connectivity index (χ0n) is 8.53. The minimum absolute atomic E-state index is 0.233. The standard InChI is InChI=1S/C10H15NO3/c1-3-6-13-10-5-4-9(7-11-10)14-8-12-2/h4-5,7H,3,6,8H2,1-2H3. The Morgan fingerprint density at radius 1 is 1.29 bits per heavy atom. The van der Waals surface area contributed by atoms with E-state index in [4.69, 9.17) is 14.2 Å². The third-order valence-electron chi connectivity index (χ3n) is 1.51. The summed E-state index contributed by atoms with van der Waals surface area (Å²) in [5, 5.41) is 0. The molecule has 0 spiro atoms. The van der Waals surface area contributed by atoms with Crippen LogP contribution in [-0.2, 0) is 4.74 Å². The van der Waals surface area contributed by atoms with Crippen molar-refractivity contribution < 1.29 is 14.2 Å². The van der Waals surface area contributed by atoms with E-state index < -0.39 is 0 Å². The van der Waals surface area contributed by atoms with Crippen LogP contribution in [0.4, 0.5) is 0 Å². The first-order valence-corrected chi connectivity index (χ1v) is 4.57. The summed E-state index contributed by atoms with van der Waals surface area (Å²) in [6, 6.07) is 3.58. The predicted octanol–water partition coefficient (Wildman–Crippen LogP) is 1.85. The van der Waals surface area contributed by atoms with Crippen LogP contribution in [0, 0.1) is 0 Å². The fourth-order valence-corrected chi connectivity index (χ4v) is 0.871. The maximum atomic E-state index is 5.32. The van der Waals surface area contributed by atoms with Crippen LogP contribution in [0.15, 0.2) is 18.3 Å². The van der Waals surface area contributed by atoms with Crippen molar-refractivity contribution in [3.05, 3.63) is 18.3 Å². The van der Waals surface area contributed by atoms with Crippen LogP contribution < -0.4 is 9.47 Å². The van der Waals surface area contributed by atoms with Crippen LogP contribution in [0.2, 0.25) is 0 Å². The summed E-state index contributed by atoms with van der Waals surface area (Å²) >= 11 is 0. The Balaban J connectivity index is 2.42. The van der Waals surface area contributed by atoms with E-state index in [1.165, 1.54) is 0 Å². The number of pyridine rings is 1. The molecule has 4 heteroatoms. The molecule has 0 amide bonds. The van der Waals surface area contributed by atoms with Gasteiger partial charge in [0.1, 0.15) is 5.75 Å². The molecule has 4 nitrogen and oxygen atoms in total. The third-order valence-corrected chi connectivity index (χ3v) is 1.51. The molecule has 0 N–H and O–H groups in total. The van der Waals surface area contributed by atoms with Gasteiger partial charge in [0.25, 0.3) is 0 Å². The molecule has 78 valence electrons. The molecule has 0 aliphatic heterocycles. The lowest BCUT2D eigenvalue weighted by atomic mass is 10.4. The molecule has 0 aliphatic rings. The normalized spacial score (nSPS) is 9.86. The van der Waals surface area contributed by atoms with E-state index in [9.17, 15) is 0 Å². The van der Waals surface area contributed by atoms with Gasteiger partial charge in [0, 0.05) is 13.2 Å². The lowest BCUT2D eigenvalue weighted by molar-refractivity contribution is 0.0507. The zero-order valence-corrected chi connectivity index (χ0v) is 8.53. The maximum Gasteiger partial charge on any atom is 0.213 e. The Bertz CT molecular complexity index is 221. The average Bonchev–Trinajstić information content (AvgIpc) is 2.25. The topological polar surface area (TPSA) is 40.6 Å². The van der Waals surface area contributed by atoms with E-state index in [1.807, 2.05) is 0 Å². The van der Waals surface area contributed by atoms with Crippen molar-refractivity contribution in [1.82, 2.24) is 4.98 Å². The van der Waals surface area contributed by atoms with Crippen molar-refractivity contribution in [3.63, 3.8) is 0 Å². The minimum Gasteiger partial charge on any atom is -0.478 e. The van der Waals surface area contributed by atoms with E-state index in [1.54, 1.807) is 25.4 Å². The molecule has 0 saturated carbocycles. The molecular formula is C10H15NO3. The fraction of sp³-hybridized carbons (Fsp3) is 0.500. The quantitative estimate of drug-likeness (QED) is 0.652. The second-order valence-electron chi connectivity index (χ2n) is 2.73. The van der Waals surface area contributed by atoms with E-state index >= 15 is 0 Å². The van der Waals surface area contributed by atoms with Crippen molar-refractivity contribution in [2.75, 3.05) is 20.5 Å². The van der Waals surface area contributed by atoms with Gasteiger partial charge in [-0.05, 0) is 12.5 Å². The number of hydrogen-bond acceptors (Lipinski definition) is 4. The number of aromatic nitrogens is 1. The smallest absolute Gasteiger partial charge is 0.213 e. The summed E-state index contributed by atoms with van der Waals surface area (Å²) in [6.45, 7) is 2.97. The van der Waals surface area contributed by atoms with Gasteiger partial charge in [-0.15, -0.1) is 0 Å². The van der Waals surface area contributed by atoms with Crippen molar-refractivity contribution >= 4 is 0 Å². The fourth-order valence-electron chi connectivity index (χ4n) is 0.871. The summed E-state index contributed by atoms with van der Waals surface area (Å²) in [6.07, 6.45) is 2.59. The summed E-state index contributed by atoms with van der Waals surface area (Å²) in [4.78, 5) is 4.07. The zero-order chi connectivity index (χ0) is 10.2. The number of rotatable bonds is 6. The molecule has 0 bridgehead atoms. The lowest BCUT2D eigenvalue weighted by Crippen LogP contribution is -2.00. The van der Waals surface area contributed by atoms with Crippen LogP contribution >= 0.6 is 0 Å². The van der Waals surface area contributed by atoms with Crippen LogP contribution in [0.3, 0.4) is 0 Å². The first-order valence-electron chi connectivity index (χ1n) is 4.57. The molecule has 1 heterocycles. The summed E-state index contributed by atoms with van der Waals surface area (Å²) in [5.41, 5.74) is 0. The average molecular weight is 197 g/mol. The molecule has 0 radical (unpaired) electrons. The Morgan fingerprint density at radius 3 is 2.71 bits per heavy atom. The van der Waals surface area contributed by atoms with Gasteiger partial charge in [0.15, 0.2) is 6.79 Å². The predicted molar refractivity (Wildman–Crippen MR) is 52.5 cm³/mol. The number of methoxy groups -OCH3 is 1. The van der Waals surface area contributed by atoms with Gasteiger partial charge >= 0.3 is 0 Å². The van der Waals surface area contributed by atoms with E-state index in [0.717, 1.165) is 6.42 Å². The van der Waals surface area contributed by atoms with Gasteiger partial charge in [-0.2, -0.15) is 0 Å². The lowest BCUT2D eigenvalue weighted by Gasteiger charge is -2.05. The minimum atomic E-state index is 0.233. The SMILES string of the molecule is CCCOc1ccc(OCOC)cn1. The summed E-state index contributed by atoms with van der Waals surface area (Å²) in [7, 11) is 1.58. The van der Waals surface area contributed by atoms with Crippen molar-refractivity contribution in [2.45, 2.75) is 13.3 Å². The van der Waals surface area contributed by atoms with Gasteiger partial charge in [-0.25, -0.2) is 4.98 Å². The van der Waals surface area contributed by atoms with E-state index in [-0.39, 0.29) is 6.79 Å². The Labute approximate surface area is 83.8 Å². The maximum absolute atomic E-state index is 5.32. The Kier molecular flexibility index (Phi) is 4.78. The molecule has 0 fully saturated rings.